The summed E-state index contributed by atoms with van der Waals surface area (Å²) in [4.78, 5) is 26.9. The Labute approximate surface area is 157 Å². The minimum atomic E-state index is -0.699. The predicted molar refractivity (Wildman–Crippen MR) is 98.9 cm³/mol. The molecular formula is C20H21NO6. The standard InChI is InChI=1S/C20H21NO6/c1-24-13-7-5-12(6-8-13)21-18(22)11-15(20(21)23)19-16(26-3)9-14(25-2)10-17(19)27-4/h5-10,15H,11H2,1-4H3. The van der Waals surface area contributed by atoms with E-state index in [9.17, 15) is 9.59 Å². The maximum atomic E-state index is 13.1. The minimum Gasteiger partial charge on any atom is -0.497 e. The quantitative estimate of drug-likeness (QED) is 0.727. The number of nitrogens with zero attached hydrogens (tertiary/aromatic N) is 1. The van der Waals surface area contributed by atoms with Crippen LogP contribution in [0, 0.1) is 0 Å². The molecule has 1 atom stereocenters. The zero-order valence-corrected chi connectivity index (χ0v) is 15.6. The molecule has 0 spiro atoms. The number of rotatable bonds is 6. The van der Waals surface area contributed by atoms with Crippen molar-refractivity contribution < 1.29 is 28.5 Å². The van der Waals surface area contributed by atoms with E-state index in [1.165, 1.54) is 26.2 Å². The molecule has 2 aromatic rings. The second-order valence-corrected chi connectivity index (χ2v) is 5.97. The van der Waals surface area contributed by atoms with E-state index in [1.807, 2.05) is 0 Å². The van der Waals surface area contributed by atoms with Crippen LogP contribution in [0.1, 0.15) is 17.9 Å². The van der Waals surface area contributed by atoms with E-state index in [0.29, 0.717) is 34.2 Å². The van der Waals surface area contributed by atoms with E-state index in [1.54, 1.807) is 43.5 Å². The normalized spacial score (nSPS) is 16.4. The second-order valence-electron chi connectivity index (χ2n) is 5.97. The molecule has 1 aliphatic rings. The van der Waals surface area contributed by atoms with Gasteiger partial charge in [-0.1, -0.05) is 0 Å². The third-order valence-electron chi connectivity index (χ3n) is 4.58. The molecule has 27 heavy (non-hydrogen) atoms. The molecule has 7 heteroatoms. The van der Waals surface area contributed by atoms with E-state index in [0.717, 1.165) is 0 Å². The van der Waals surface area contributed by atoms with Crippen LogP contribution in [0.3, 0.4) is 0 Å². The Morgan fingerprint density at radius 3 is 1.85 bits per heavy atom. The molecule has 0 N–H and O–H groups in total. The van der Waals surface area contributed by atoms with Gasteiger partial charge in [-0.2, -0.15) is 0 Å². The summed E-state index contributed by atoms with van der Waals surface area (Å²) in [6, 6.07) is 10.1. The molecular weight excluding hydrogens is 350 g/mol. The van der Waals surface area contributed by atoms with Gasteiger partial charge in [0.1, 0.15) is 23.0 Å². The van der Waals surface area contributed by atoms with Crippen molar-refractivity contribution in [2.45, 2.75) is 12.3 Å². The van der Waals surface area contributed by atoms with E-state index in [2.05, 4.69) is 0 Å². The molecule has 1 saturated heterocycles. The number of methoxy groups -OCH3 is 4. The maximum absolute atomic E-state index is 13.1. The molecule has 2 aromatic carbocycles. The zero-order chi connectivity index (χ0) is 19.6. The van der Waals surface area contributed by atoms with Crippen LogP contribution in [0.2, 0.25) is 0 Å². The molecule has 0 aromatic heterocycles. The SMILES string of the molecule is COc1ccc(N2C(=O)CC(c3c(OC)cc(OC)cc3OC)C2=O)cc1. The van der Waals surface area contributed by atoms with Gasteiger partial charge in [0, 0.05) is 24.1 Å². The van der Waals surface area contributed by atoms with Gasteiger partial charge in [-0.15, -0.1) is 0 Å². The molecule has 7 nitrogen and oxygen atoms in total. The average molecular weight is 371 g/mol. The van der Waals surface area contributed by atoms with Gasteiger partial charge >= 0.3 is 0 Å². The zero-order valence-electron chi connectivity index (χ0n) is 15.6. The third kappa shape index (κ3) is 3.28. The highest BCUT2D eigenvalue weighted by molar-refractivity contribution is 6.23. The number of carbonyl (C=O) groups excluding carboxylic acids is 2. The van der Waals surface area contributed by atoms with Crippen molar-refractivity contribution >= 4 is 17.5 Å². The highest BCUT2D eigenvalue weighted by Crippen LogP contribution is 2.44. The van der Waals surface area contributed by atoms with Crippen molar-refractivity contribution in [1.29, 1.82) is 0 Å². The molecule has 1 fully saturated rings. The summed E-state index contributed by atoms with van der Waals surface area (Å²) in [7, 11) is 6.09. The fraction of sp³-hybridized carbons (Fsp3) is 0.300. The number of hydrogen-bond acceptors (Lipinski definition) is 6. The molecule has 0 bridgehead atoms. The van der Waals surface area contributed by atoms with Gasteiger partial charge in [0.15, 0.2) is 0 Å². The van der Waals surface area contributed by atoms with E-state index in [4.69, 9.17) is 18.9 Å². The molecule has 0 radical (unpaired) electrons. The summed E-state index contributed by atoms with van der Waals surface area (Å²) in [5, 5.41) is 0. The molecule has 1 unspecified atom stereocenters. The van der Waals surface area contributed by atoms with Gasteiger partial charge in [0.25, 0.3) is 0 Å². The smallest absolute Gasteiger partial charge is 0.242 e. The predicted octanol–water partition coefficient (Wildman–Crippen LogP) is 2.77. The Hall–Kier alpha value is -3.22. The lowest BCUT2D eigenvalue weighted by Gasteiger charge is -2.19. The van der Waals surface area contributed by atoms with E-state index in [-0.39, 0.29) is 18.2 Å². The van der Waals surface area contributed by atoms with Gasteiger partial charge in [-0.25, -0.2) is 4.90 Å². The van der Waals surface area contributed by atoms with Crippen molar-refractivity contribution in [3.63, 3.8) is 0 Å². The number of amides is 2. The molecule has 1 heterocycles. The monoisotopic (exact) mass is 371 g/mol. The Kier molecular flexibility index (Phi) is 5.21. The van der Waals surface area contributed by atoms with Crippen LogP contribution in [0.15, 0.2) is 36.4 Å². The first-order chi connectivity index (χ1) is 13.0. The van der Waals surface area contributed by atoms with Gasteiger partial charge in [-0.3, -0.25) is 9.59 Å². The van der Waals surface area contributed by atoms with Crippen LogP contribution in [0.5, 0.6) is 23.0 Å². The highest BCUT2D eigenvalue weighted by Gasteiger charge is 2.43. The topological polar surface area (TPSA) is 74.3 Å². The lowest BCUT2D eigenvalue weighted by molar-refractivity contribution is -0.121. The number of ether oxygens (including phenoxy) is 4. The van der Waals surface area contributed by atoms with Crippen LogP contribution in [-0.4, -0.2) is 40.3 Å². The van der Waals surface area contributed by atoms with Crippen molar-refractivity contribution in [2.75, 3.05) is 33.3 Å². The highest BCUT2D eigenvalue weighted by atomic mass is 16.5. The average Bonchev–Trinajstić information content (AvgIpc) is 3.00. The Balaban J connectivity index is 2.01. The van der Waals surface area contributed by atoms with Crippen LogP contribution < -0.4 is 23.8 Å². The summed E-state index contributed by atoms with van der Waals surface area (Å²) in [5.41, 5.74) is 1.04. The number of imide groups is 1. The molecule has 3 rings (SSSR count). The summed E-state index contributed by atoms with van der Waals surface area (Å²) in [5.74, 6) is 0.754. The van der Waals surface area contributed by atoms with Crippen molar-refractivity contribution in [2.24, 2.45) is 0 Å². The first-order valence-electron chi connectivity index (χ1n) is 8.34. The lowest BCUT2D eigenvalue weighted by Crippen LogP contribution is -2.30. The number of carbonyl (C=O) groups is 2. The maximum Gasteiger partial charge on any atom is 0.242 e. The molecule has 0 saturated carbocycles. The van der Waals surface area contributed by atoms with Crippen molar-refractivity contribution in [3.8, 4) is 23.0 Å². The lowest BCUT2D eigenvalue weighted by atomic mass is 9.95. The van der Waals surface area contributed by atoms with E-state index < -0.39 is 5.92 Å². The summed E-state index contributed by atoms with van der Waals surface area (Å²) < 4.78 is 21.2. The fourth-order valence-corrected chi connectivity index (χ4v) is 3.24. The first-order valence-corrected chi connectivity index (χ1v) is 8.34. The van der Waals surface area contributed by atoms with Crippen LogP contribution in [0.25, 0.3) is 0 Å². The molecule has 1 aliphatic heterocycles. The Morgan fingerprint density at radius 2 is 1.37 bits per heavy atom. The van der Waals surface area contributed by atoms with Crippen LogP contribution >= 0.6 is 0 Å². The fourth-order valence-electron chi connectivity index (χ4n) is 3.24. The third-order valence-corrected chi connectivity index (χ3v) is 4.58. The summed E-state index contributed by atoms with van der Waals surface area (Å²) in [6.07, 6.45) is 0.0317. The second kappa shape index (κ2) is 7.57. The summed E-state index contributed by atoms with van der Waals surface area (Å²) >= 11 is 0. The van der Waals surface area contributed by atoms with Gasteiger partial charge < -0.3 is 18.9 Å². The van der Waals surface area contributed by atoms with Crippen LogP contribution in [0.4, 0.5) is 5.69 Å². The van der Waals surface area contributed by atoms with Gasteiger partial charge in [0.2, 0.25) is 11.8 Å². The molecule has 0 aliphatic carbocycles. The summed E-state index contributed by atoms with van der Waals surface area (Å²) in [6.45, 7) is 0. The number of hydrogen-bond donors (Lipinski definition) is 0. The Bertz CT molecular complexity index is 836. The van der Waals surface area contributed by atoms with Crippen molar-refractivity contribution in [1.82, 2.24) is 0 Å². The Morgan fingerprint density at radius 1 is 0.815 bits per heavy atom. The van der Waals surface area contributed by atoms with Crippen molar-refractivity contribution in [3.05, 3.63) is 42.0 Å². The number of benzene rings is 2. The minimum absolute atomic E-state index is 0.0317. The molecule has 142 valence electrons. The van der Waals surface area contributed by atoms with E-state index >= 15 is 0 Å². The largest absolute Gasteiger partial charge is 0.497 e. The molecule has 2 amide bonds. The van der Waals surface area contributed by atoms with Gasteiger partial charge in [-0.05, 0) is 24.3 Å². The number of anilines is 1. The van der Waals surface area contributed by atoms with Gasteiger partial charge in [0.05, 0.1) is 40.0 Å². The van der Waals surface area contributed by atoms with Crippen LogP contribution in [-0.2, 0) is 9.59 Å². The first kappa shape index (κ1) is 18.6.